The number of rotatable bonds is 11. The van der Waals surface area contributed by atoms with Crippen molar-refractivity contribution in [2.45, 2.75) is 57.8 Å². The van der Waals surface area contributed by atoms with Crippen molar-refractivity contribution < 1.29 is 9.47 Å². The van der Waals surface area contributed by atoms with E-state index in [1.807, 2.05) is 35.0 Å². The number of nitrogens with zero attached hydrogens (tertiary/aromatic N) is 5. The molecule has 0 aliphatic carbocycles. The van der Waals surface area contributed by atoms with Gasteiger partial charge < -0.3 is 14.5 Å². The van der Waals surface area contributed by atoms with E-state index in [1.165, 1.54) is 5.56 Å². The molecule has 1 aliphatic heterocycles. The number of methoxy groups -OCH3 is 1. The van der Waals surface area contributed by atoms with Crippen LogP contribution in [-0.4, -0.2) is 56.5 Å². The van der Waals surface area contributed by atoms with Gasteiger partial charge in [0.25, 0.3) is 5.56 Å². The van der Waals surface area contributed by atoms with E-state index in [9.17, 15) is 4.79 Å². The number of hydrogen-bond acceptors (Lipinski definition) is 7. The van der Waals surface area contributed by atoms with Crippen LogP contribution in [0.25, 0.3) is 10.9 Å². The van der Waals surface area contributed by atoms with Crippen molar-refractivity contribution >= 4 is 10.9 Å². The summed E-state index contributed by atoms with van der Waals surface area (Å²) in [6.07, 6.45) is 3.88. The summed E-state index contributed by atoms with van der Waals surface area (Å²) in [4.78, 5) is 18.5. The standard InChI is InChI=1S/C28H34N6O3/c1-3-26(27-30-31-32-34(27)19-24-10-7-15-37-24)33(14-13-20-8-5-4-6-9-20)18-22-16-21-17-23(36-2)11-12-25(21)29-28(22)35/h4-6,8-9,11-12,16-17,24,26H,3,7,10,13-15,18-19H2,1-2H3,(H,29,35). The summed E-state index contributed by atoms with van der Waals surface area (Å²) in [7, 11) is 1.64. The Labute approximate surface area is 216 Å². The number of hydrogen-bond donors (Lipinski definition) is 1. The van der Waals surface area contributed by atoms with Gasteiger partial charge in [-0.25, -0.2) is 4.68 Å². The van der Waals surface area contributed by atoms with Gasteiger partial charge in [0, 0.05) is 36.2 Å². The fraction of sp³-hybridized carbons (Fsp3) is 0.429. The topological polar surface area (TPSA) is 98.2 Å². The highest BCUT2D eigenvalue weighted by molar-refractivity contribution is 5.80. The highest BCUT2D eigenvalue weighted by atomic mass is 16.5. The van der Waals surface area contributed by atoms with Gasteiger partial charge in [-0.3, -0.25) is 9.69 Å². The van der Waals surface area contributed by atoms with Crippen molar-refractivity contribution in [2.75, 3.05) is 20.3 Å². The largest absolute Gasteiger partial charge is 0.497 e. The maximum atomic E-state index is 13.1. The molecule has 1 aliphatic rings. The summed E-state index contributed by atoms with van der Waals surface area (Å²) in [5.41, 5.74) is 2.65. The van der Waals surface area contributed by atoms with E-state index in [0.29, 0.717) is 18.7 Å². The van der Waals surface area contributed by atoms with Gasteiger partial charge in [-0.1, -0.05) is 37.3 Å². The number of nitrogens with one attached hydrogen (secondary N) is 1. The van der Waals surface area contributed by atoms with E-state index in [-0.39, 0.29) is 17.7 Å². The van der Waals surface area contributed by atoms with Crippen molar-refractivity contribution in [3.63, 3.8) is 0 Å². The maximum Gasteiger partial charge on any atom is 0.252 e. The van der Waals surface area contributed by atoms with Crippen LogP contribution in [0.4, 0.5) is 0 Å². The second-order valence-corrected chi connectivity index (χ2v) is 9.56. The second-order valence-electron chi connectivity index (χ2n) is 9.56. The fourth-order valence-electron chi connectivity index (χ4n) is 5.12. The summed E-state index contributed by atoms with van der Waals surface area (Å²) in [6, 6.07) is 18.0. The molecule has 0 amide bonds. The van der Waals surface area contributed by atoms with Crippen molar-refractivity contribution in [1.29, 1.82) is 0 Å². The van der Waals surface area contributed by atoms with E-state index < -0.39 is 0 Å². The van der Waals surface area contributed by atoms with E-state index in [4.69, 9.17) is 9.47 Å². The first-order valence-electron chi connectivity index (χ1n) is 13.0. The van der Waals surface area contributed by atoms with E-state index >= 15 is 0 Å². The zero-order chi connectivity index (χ0) is 25.6. The second kappa shape index (κ2) is 11.7. The quantitative estimate of drug-likeness (QED) is 0.332. The minimum Gasteiger partial charge on any atom is -0.497 e. The Morgan fingerprint density at radius 3 is 2.84 bits per heavy atom. The average molecular weight is 503 g/mol. The van der Waals surface area contributed by atoms with Gasteiger partial charge in [-0.2, -0.15) is 0 Å². The summed E-state index contributed by atoms with van der Waals surface area (Å²) < 4.78 is 13.1. The number of aromatic nitrogens is 5. The Balaban J connectivity index is 1.46. The van der Waals surface area contributed by atoms with Crippen molar-refractivity contribution in [3.8, 4) is 5.75 Å². The molecule has 0 spiro atoms. The molecular formula is C28H34N6O3. The monoisotopic (exact) mass is 502 g/mol. The van der Waals surface area contributed by atoms with Crippen LogP contribution in [-0.2, 0) is 24.2 Å². The molecule has 4 aromatic rings. The number of pyridine rings is 1. The molecular weight excluding hydrogens is 468 g/mol. The molecule has 3 heterocycles. The summed E-state index contributed by atoms with van der Waals surface area (Å²) in [5.74, 6) is 1.57. The highest BCUT2D eigenvalue weighted by Gasteiger charge is 2.27. The minimum atomic E-state index is -0.0869. The molecule has 0 bridgehead atoms. The van der Waals surface area contributed by atoms with Gasteiger partial charge >= 0.3 is 0 Å². The van der Waals surface area contributed by atoms with Crippen molar-refractivity contribution in [2.24, 2.45) is 0 Å². The Morgan fingerprint density at radius 2 is 2.08 bits per heavy atom. The van der Waals surface area contributed by atoms with Crippen LogP contribution in [0.5, 0.6) is 5.75 Å². The lowest BCUT2D eigenvalue weighted by molar-refractivity contribution is 0.0893. The van der Waals surface area contributed by atoms with Gasteiger partial charge in [-0.15, -0.1) is 5.10 Å². The molecule has 2 aromatic carbocycles. The molecule has 1 fully saturated rings. The SMILES string of the molecule is CCC(c1nnnn1CC1CCCO1)N(CCc1ccccc1)Cc1cc2cc(OC)ccc2[nH]c1=O. The average Bonchev–Trinajstić information content (AvgIpc) is 3.61. The minimum absolute atomic E-state index is 0.0551. The Kier molecular flexibility index (Phi) is 7.91. The molecule has 2 aromatic heterocycles. The molecule has 5 rings (SSSR count). The highest BCUT2D eigenvalue weighted by Crippen LogP contribution is 2.26. The van der Waals surface area contributed by atoms with Crippen LogP contribution >= 0.6 is 0 Å². The van der Waals surface area contributed by atoms with Gasteiger partial charge in [-0.05, 0) is 65.9 Å². The molecule has 2 unspecified atom stereocenters. The van der Waals surface area contributed by atoms with Crippen LogP contribution in [0.2, 0.25) is 0 Å². The smallest absolute Gasteiger partial charge is 0.252 e. The van der Waals surface area contributed by atoms with Crippen LogP contribution in [0.15, 0.2) is 59.4 Å². The zero-order valence-electron chi connectivity index (χ0n) is 21.5. The zero-order valence-corrected chi connectivity index (χ0v) is 21.5. The number of H-pyrrole nitrogens is 1. The molecule has 37 heavy (non-hydrogen) atoms. The van der Waals surface area contributed by atoms with Crippen LogP contribution < -0.4 is 10.3 Å². The van der Waals surface area contributed by atoms with Crippen LogP contribution in [0, 0.1) is 0 Å². The van der Waals surface area contributed by atoms with Crippen LogP contribution in [0.1, 0.15) is 49.2 Å². The van der Waals surface area contributed by atoms with Gasteiger partial charge in [0.05, 0.1) is 25.8 Å². The first kappa shape index (κ1) is 25.1. The third-order valence-electron chi connectivity index (χ3n) is 7.12. The van der Waals surface area contributed by atoms with Gasteiger partial charge in [0.15, 0.2) is 5.82 Å². The third kappa shape index (κ3) is 5.89. The normalized spacial score (nSPS) is 16.5. The number of aromatic amines is 1. The lowest BCUT2D eigenvalue weighted by Gasteiger charge is -2.30. The Bertz CT molecular complexity index is 1360. The Hall–Kier alpha value is -3.56. The lowest BCUT2D eigenvalue weighted by Crippen LogP contribution is -2.34. The summed E-state index contributed by atoms with van der Waals surface area (Å²) in [5, 5.41) is 13.7. The summed E-state index contributed by atoms with van der Waals surface area (Å²) in [6.45, 7) is 4.80. The van der Waals surface area contributed by atoms with E-state index in [2.05, 4.69) is 56.6 Å². The molecule has 2 atom stereocenters. The van der Waals surface area contributed by atoms with Gasteiger partial charge in [0.2, 0.25) is 0 Å². The first-order valence-corrected chi connectivity index (χ1v) is 13.0. The molecule has 9 heteroatoms. The van der Waals surface area contributed by atoms with E-state index in [0.717, 1.165) is 61.3 Å². The molecule has 194 valence electrons. The maximum absolute atomic E-state index is 13.1. The number of ether oxygens (including phenoxy) is 2. The fourth-order valence-corrected chi connectivity index (χ4v) is 5.12. The molecule has 1 N–H and O–H groups in total. The molecule has 0 saturated carbocycles. The molecule has 9 nitrogen and oxygen atoms in total. The van der Waals surface area contributed by atoms with Crippen LogP contribution in [0.3, 0.4) is 0 Å². The van der Waals surface area contributed by atoms with Crippen molar-refractivity contribution in [1.82, 2.24) is 30.1 Å². The predicted octanol–water partition coefficient (Wildman–Crippen LogP) is 3.90. The first-order chi connectivity index (χ1) is 18.1. The Morgan fingerprint density at radius 1 is 1.22 bits per heavy atom. The van der Waals surface area contributed by atoms with E-state index in [1.54, 1.807) is 7.11 Å². The number of tetrazole rings is 1. The number of fused-ring (bicyclic) bond motifs is 1. The molecule has 0 radical (unpaired) electrons. The summed E-state index contributed by atoms with van der Waals surface area (Å²) >= 11 is 0. The van der Waals surface area contributed by atoms with Gasteiger partial charge in [0.1, 0.15) is 5.75 Å². The predicted molar refractivity (Wildman–Crippen MR) is 141 cm³/mol. The van der Waals surface area contributed by atoms with Crippen molar-refractivity contribution in [3.05, 3.63) is 81.9 Å². The number of benzene rings is 2. The lowest BCUT2D eigenvalue weighted by atomic mass is 10.1. The third-order valence-corrected chi connectivity index (χ3v) is 7.12. The molecule has 1 saturated heterocycles.